The molecule has 106 valence electrons. The van der Waals surface area contributed by atoms with E-state index in [-0.39, 0.29) is 47.1 Å². The monoisotopic (exact) mass is 266 g/mol. The summed E-state index contributed by atoms with van der Waals surface area (Å²) in [5, 5.41) is 10.5. The molecule has 2 saturated heterocycles. The number of carbonyl (C=O) groups excluding carboxylic acids is 1. The quantitative estimate of drug-likeness (QED) is 0.533. The van der Waals surface area contributed by atoms with Gasteiger partial charge in [-0.05, 0) is 19.8 Å². The second kappa shape index (κ2) is 3.34. The molecule has 19 heavy (non-hydrogen) atoms. The van der Waals surface area contributed by atoms with Gasteiger partial charge in [0, 0.05) is 23.7 Å². The normalized spacial score (nSPS) is 62.8. The van der Waals surface area contributed by atoms with Gasteiger partial charge in [0.2, 0.25) is 0 Å². The van der Waals surface area contributed by atoms with Crippen molar-refractivity contribution in [3.05, 3.63) is 0 Å². The Labute approximate surface area is 113 Å². The molecule has 2 saturated carbocycles. The standard InChI is InChI=1S/C15H22O4/c1-7-8-4-5-14(2)9(16)6-10-15(3,19-10)12(14)11(8)18-13(7)17/h7-12,16H,4-6H2,1-3H3/t7-,8-,9-,10+,11-,12+,14-,15+/m0/s1. The average Bonchev–Trinajstić information content (AvgIpc) is 2.90. The topological polar surface area (TPSA) is 59.1 Å². The molecule has 2 aliphatic heterocycles. The fourth-order valence-electron chi connectivity index (χ4n) is 5.18. The van der Waals surface area contributed by atoms with Crippen LogP contribution >= 0.6 is 0 Å². The Kier molecular flexibility index (Phi) is 2.14. The largest absolute Gasteiger partial charge is 0.461 e. The van der Waals surface area contributed by atoms with E-state index in [1.165, 1.54) is 0 Å². The Morgan fingerprint density at radius 2 is 2.11 bits per heavy atom. The Bertz CT molecular complexity index is 449. The van der Waals surface area contributed by atoms with Crippen molar-refractivity contribution in [1.82, 2.24) is 0 Å². The van der Waals surface area contributed by atoms with Gasteiger partial charge < -0.3 is 14.6 Å². The minimum atomic E-state index is -0.339. The fraction of sp³-hybridized carbons (Fsp3) is 0.933. The number of carbonyl (C=O) groups is 1. The first-order valence-corrected chi connectivity index (χ1v) is 7.44. The minimum Gasteiger partial charge on any atom is -0.461 e. The predicted octanol–water partition coefficient (Wildman–Crippen LogP) is 1.50. The maximum Gasteiger partial charge on any atom is 0.309 e. The van der Waals surface area contributed by atoms with Crippen LogP contribution in [0.3, 0.4) is 0 Å². The molecular weight excluding hydrogens is 244 g/mol. The number of ether oxygens (including phenoxy) is 2. The van der Waals surface area contributed by atoms with Gasteiger partial charge in [-0.1, -0.05) is 13.8 Å². The Hall–Kier alpha value is -0.610. The molecule has 0 aromatic heterocycles. The molecule has 4 aliphatic rings. The van der Waals surface area contributed by atoms with E-state index in [1.54, 1.807) is 0 Å². The lowest BCUT2D eigenvalue weighted by Gasteiger charge is -2.52. The maximum atomic E-state index is 11.9. The van der Waals surface area contributed by atoms with Crippen LogP contribution in [0.4, 0.5) is 0 Å². The molecule has 0 bridgehead atoms. The SMILES string of the molecule is C[C@@H]1C(=O)O[C@H]2[C@H]1CC[C@]1(C)[C@@H]2[C@]2(C)O[C@@H]2C[C@@H]1O. The summed E-state index contributed by atoms with van der Waals surface area (Å²) in [5.41, 5.74) is -0.366. The molecule has 0 amide bonds. The summed E-state index contributed by atoms with van der Waals surface area (Å²) in [6, 6.07) is 0. The van der Waals surface area contributed by atoms with Crippen LogP contribution in [0.5, 0.6) is 0 Å². The van der Waals surface area contributed by atoms with Gasteiger partial charge in [0.05, 0.1) is 23.7 Å². The third-order valence-corrected chi connectivity index (χ3v) is 6.54. The maximum absolute atomic E-state index is 11.9. The van der Waals surface area contributed by atoms with Crippen LogP contribution in [-0.2, 0) is 14.3 Å². The Morgan fingerprint density at radius 3 is 2.84 bits per heavy atom. The molecule has 4 heteroatoms. The summed E-state index contributed by atoms with van der Waals surface area (Å²) in [4.78, 5) is 11.9. The molecule has 2 aliphatic carbocycles. The molecule has 0 radical (unpaired) electrons. The Balaban J connectivity index is 1.76. The molecule has 0 spiro atoms. The van der Waals surface area contributed by atoms with Crippen molar-refractivity contribution >= 4 is 5.97 Å². The molecule has 0 aromatic carbocycles. The first-order valence-electron chi connectivity index (χ1n) is 7.44. The van der Waals surface area contributed by atoms with Crippen LogP contribution in [0.1, 0.15) is 40.0 Å². The van der Waals surface area contributed by atoms with E-state index in [1.807, 2.05) is 6.92 Å². The van der Waals surface area contributed by atoms with Crippen molar-refractivity contribution in [1.29, 1.82) is 0 Å². The summed E-state index contributed by atoms with van der Waals surface area (Å²) >= 11 is 0. The highest BCUT2D eigenvalue weighted by Crippen LogP contribution is 2.65. The van der Waals surface area contributed by atoms with Crippen molar-refractivity contribution in [2.75, 3.05) is 0 Å². The predicted molar refractivity (Wildman–Crippen MR) is 67.3 cm³/mol. The van der Waals surface area contributed by atoms with Crippen molar-refractivity contribution in [2.24, 2.45) is 23.2 Å². The van der Waals surface area contributed by atoms with E-state index >= 15 is 0 Å². The smallest absolute Gasteiger partial charge is 0.309 e. The zero-order chi connectivity index (χ0) is 13.6. The van der Waals surface area contributed by atoms with Gasteiger partial charge in [-0.3, -0.25) is 4.79 Å². The van der Waals surface area contributed by atoms with Gasteiger partial charge in [0.1, 0.15) is 6.10 Å². The van der Waals surface area contributed by atoms with Crippen LogP contribution in [-0.4, -0.2) is 35.0 Å². The van der Waals surface area contributed by atoms with Crippen LogP contribution in [0.15, 0.2) is 0 Å². The number of aliphatic hydroxyl groups is 1. The number of rotatable bonds is 0. The first-order chi connectivity index (χ1) is 8.88. The third kappa shape index (κ3) is 1.30. The van der Waals surface area contributed by atoms with Crippen LogP contribution < -0.4 is 0 Å². The number of aliphatic hydroxyl groups excluding tert-OH is 1. The average molecular weight is 266 g/mol. The lowest BCUT2D eigenvalue weighted by atomic mass is 9.52. The molecule has 4 rings (SSSR count). The van der Waals surface area contributed by atoms with E-state index in [9.17, 15) is 9.90 Å². The zero-order valence-corrected chi connectivity index (χ0v) is 11.8. The molecule has 2 heterocycles. The van der Waals surface area contributed by atoms with Gasteiger partial charge in [0.25, 0.3) is 0 Å². The van der Waals surface area contributed by atoms with Crippen molar-refractivity contribution in [3.8, 4) is 0 Å². The van der Waals surface area contributed by atoms with E-state index in [2.05, 4.69) is 13.8 Å². The van der Waals surface area contributed by atoms with Crippen LogP contribution in [0.2, 0.25) is 0 Å². The van der Waals surface area contributed by atoms with Crippen LogP contribution in [0.25, 0.3) is 0 Å². The lowest BCUT2D eigenvalue weighted by Crippen LogP contribution is -2.59. The van der Waals surface area contributed by atoms with E-state index in [0.717, 1.165) is 19.3 Å². The number of hydrogen-bond acceptors (Lipinski definition) is 4. The summed E-state index contributed by atoms with van der Waals surface area (Å²) in [7, 11) is 0. The first kappa shape index (κ1) is 12.2. The summed E-state index contributed by atoms with van der Waals surface area (Å²) in [6.07, 6.45) is 2.41. The number of epoxide rings is 1. The number of hydrogen-bond donors (Lipinski definition) is 1. The molecule has 1 N–H and O–H groups in total. The third-order valence-electron chi connectivity index (χ3n) is 6.54. The van der Waals surface area contributed by atoms with Gasteiger partial charge in [-0.25, -0.2) is 0 Å². The molecule has 0 aromatic rings. The van der Waals surface area contributed by atoms with Crippen LogP contribution in [0, 0.1) is 23.2 Å². The van der Waals surface area contributed by atoms with Gasteiger partial charge in [-0.2, -0.15) is 0 Å². The van der Waals surface area contributed by atoms with E-state index < -0.39 is 0 Å². The minimum absolute atomic E-state index is 0.00517. The molecule has 4 nitrogen and oxygen atoms in total. The second-order valence-electron chi connectivity index (χ2n) is 7.42. The van der Waals surface area contributed by atoms with Gasteiger partial charge >= 0.3 is 5.97 Å². The molecule has 4 fully saturated rings. The van der Waals surface area contributed by atoms with Gasteiger partial charge in [0.15, 0.2) is 0 Å². The van der Waals surface area contributed by atoms with E-state index in [0.29, 0.717) is 5.92 Å². The highest BCUT2D eigenvalue weighted by molar-refractivity contribution is 5.75. The van der Waals surface area contributed by atoms with E-state index in [4.69, 9.17) is 9.47 Å². The lowest BCUT2D eigenvalue weighted by molar-refractivity contribution is -0.161. The highest BCUT2D eigenvalue weighted by Gasteiger charge is 2.73. The number of esters is 1. The molecule has 0 unspecified atom stereocenters. The zero-order valence-electron chi connectivity index (χ0n) is 11.8. The fourth-order valence-corrected chi connectivity index (χ4v) is 5.18. The second-order valence-corrected chi connectivity index (χ2v) is 7.42. The number of fused-ring (bicyclic) bond motifs is 5. The van der Waals surface area contributed by atoms with Crippen molar-refractivity contribution in [2.45, 2.75) is 63.9 Å². The van der Waals surface area contributed by atoms with Crippen molar-refractivity contribution in [3.63, 3.8) is 0 Å². The molecule has 8 atom stereocenters. The molecular formula is C15H22O4. The Morgan fingerprint density at radius 1 is 1.37 bits per heavy atom. The summed E-state index contributed by atoms with van der Waals surface area (Å²) < 4.78 is 11.6. The highest BCUT2D eigenvalue weighted by atomic mass is 16.6. The van der Waals surface area contributed by atoms with Crippen molar-refractivity contribution < 1.29 is 19.4 Å². The summed E-state index contributed by atoms with van der Waals surface area (Å²) in [6.45, 7) is 6.26. The summed E-state index contributed by atoms with van der Waals surface area (Å²) in [5.74, 6) is 0.369. The van der Waals surface area contributed by atoms with Gasteiger partial charge in [-0.15, -0.1) is 0 Å².